The van der Waals surface area contributed by atoms with Gasteiger partial charge in [-0.3, -0.25) is 0 Å². The van der Waals surface area contributed by atoms with Gasteiger partial charge in [0.15, 0.2) is 0 Å². The average molecular weight is 314 g/mol. The first kappa shape index (κ1) is 15.2. The maximum absolute atomic E-state index is 10.5. The van der Waals surface area contributed by atoms with Crippen LogP contribution in [0.4, 0.5) is 0 Å². The third-order valence-electron chi connectivity index (χ3n) is 6.87. The molecule has 3 heteroatoms. The van der Waals surface area contributed by atoms with Gasteiger partial charge in [0.2, 0.25) is 0 Å². The molecule has 0 aliphatic heterocycles. The standard InChI is InChI=1S/C20H26O3/c1-19-8-6-13(21)10-12(19)11-16(23-3)18-14-4-5-17(22)20(14,2)9-7-15(18)19/h4-6,8,11,13-15,17,21-22H,7,9-10H2,1-3H3/t13-,14-,15-,17-,19-,20-/m0/s1. The van der Waals surface area contributed by atoms with Crippen molar-refractivity contribution in [2.75, 3.05) is 7.11 Å². The van der Waals surface area contributed by atoms with Gasteiger partial charge in [0, 0.05) is 16.7 Å². The second-order valence-electron chi connectivity index (χ2n) is 8.01. The molecule has 23 heavy (non-hydrogen) atoms. The van der Waals surface area contributed by atoms with Gasteiger partial charge >= 0.3 is 0 Å². The zero-order valence-electron chi connectivity index (χ0n) is 14.1. The summed E-state index contributed by atoms with van der Waals surface area (Å²) in [4.78, 5) is 0. The number of fused-ring (bicyclic) bond motifs is 5. The topological polar surface area (TPSA) is 49.7 Å². The van der Waals surface area contributed by atoms with E-state index in [9.17, 15) is 10.2 Å². The van der Waals surface area contributed by atoms with Gasteiger partial charge in [-0.1, -0.05) is 43.7 Å². The molecular formula is C20H26O3. The first-order valence-electron chi connectivity index (χ1n) is 8.63. The number of aliphatic hydroxyl groups excluding tert-OH is 2. The van der Waals surface area contributed by atoms with Crippen LogP contribution in [0, 0.1) is 22.7 Å². The zero-order chi connectivity index (χ0) is 16.4. The lowest BCUT2D eigenvalue weighted by atomic mass is 9.52. The Balaban J connectivity index is 1.87. The van der Waals surface area contributed by atoms with E-state index in [0.717, 1.165) is 18.6 Å². The number of hydrogen-bond acceptors (Lipinski definition) is 3. The molecule has 0 radical (unpaired) electrons. The maximum Gasteiger partial charge on any atom is 0.118 e. The smallest absolute Gasteiger partial charge is 0.118 e. The van der Waals surface area contributed by atoms with Crippen molar-refractivity contribution < 1.29 is 14.9 Å². The second-order valence-corrected chi connectivity index (χ2v) is 8.01. The molecule has 0 heterocycles. The second kappa shape index (κ2) is 4.84. The molecule has 124 valence electrons. The number of allylic oxidation sites excluding steroid dienone is 4. The van der Waals surface area contributed by atoms with Gasteiger partial charge in [-0.15, -0.1) is 0 Å². The predicted molar refractivity (Wildman–Crippen MR) is 89.5 cm³/mol. The van der Waals surface area contributed by atoms with Gasteiger partial charge in [0.05, 0.1) is 19.3 Å². The van der Waals surface area contributed by atoms with Gasteiger partial charge in [0.1, 0.15) is 5.76 Å². The number of rotatable bonds is 1. The Labute approximate surface area is 138 Å². The van der Waals surface area contributed by atoms with Crippen LogP contribution >= 0.6 is 0 Å². The van der Waals surface area contributed by atoms with E-state index in [0.29, 0.717) is 12.3 Å². The summed E-state index contributed by atoms with van der Waals surface area (Å²) in [6.07, 6.45) is 12.4. The Morgan fingerprint density at radius 3 is 2.70 bits per heavy atom. The van der Waals surface area contributed by atoms with E-state index in [2.05, 4.69) is 32.1 Å². The Morgan fingerprint density at radius 2 is 1.96 bits per heavy atom. The molecule has 4 aliphatic rings. The molecule has 0 saturated heterocycles. The minimum atomic E-state index is -0.393. The highest BCUT2D eigenvalue weighted by Crippen LogP contribution is 2.61. The first-order valence-corrected chi connectivity index (χ1v) is 8.63. The molecule has 1 fully saturated rings. The van der Waals surface area contributed by atoms with Crippen LogP contribution in [-0.2, 0) is 4.74 Å². The highest BCUT2D eigenvalue weighted by Gasteiger charge is 2.55. The van der Waals surface area contributed by atoms with E-state index in [1.54, 1.807) is 7.11 Å². The molecule has 1 saturated carbocycles. The van der Waals surface area contributed by atoms with Crippen molar-refractivity contribution in [1.82, 2.24) is 0 Å². The Hall–Kier alpha value is -1.32. The van der Waals surface area contributed by atoms with E-state index in [1.165, 1.54) is 11.1 Å². The van der Waals surface area contributed by atoms with Crippen LogP contribution in [0.5, 0.6) is 0 Å². The molecular weight excluding hydrogens is 288 g/mol. The van der Waals surface area contributed by atoms with Gasteiger partial charge < -0.3 is 14.9 Å². The van der Waals surface area contributed by atoms with Crippen LogP contribution in [0.25, 0.3) is 0 Å². The molecule has 0 unspecified atom stereocenters. The summed E-state index contributed by atoms with van der Waals surface area (Å²) in [5.41, 5.74) is 2.44. The number of hydrogen-bond donors (Lipinski definition) is 2. The van der Waals surface area contributed by atoms with E-state index in [1.807, 2.05) is 12.2 Å². The Bertz CT molecular complexity index is 656. The van der Waals surface area contributed by atoms with Crippen LogP contribution in [0.2, 0.25) is 0 Å². The lowest BCUT2D eigenvalue weighted by Gasteiger charge is -2.53. The fourth-order valence-electron chi connectivity index (χ4n) is 5.28. The van der Waals surface area contributed by atoms with Crippen LogP contribution in [0.1, 0.15) is 33.1 Å². The molecule has 3 nitrogen and oxygen atoms in total. The molecule has 0 bridgehead atoms. The summed E-state index contributed by atoms with van der Waals surface area (Å²) in [6, 6.07) is 0. The monoisotopic (exact) mass is 314 g/mol. The number of ether oxygens (including phenoxy) is 1. The molecule has 0 spiro atoms. The van der Waals surface area contributed by atoms with Crippen LogP contribution in [0.15, 0.2) is 47.3 Å². The SMILES string of the molecule is COC1=C2[C@@H]3C=C[C@H](O)[C@@]3(C)CC[C@@H]2[C@@]2(C)C=C[C@H](O)CC2=C1. The summed E-state index contributed by atoms with van der Waals surface area (Å²) in [5.74, 6) is 1.56. The van der Waals surface area contributed by atoms with Gasteiger partial charge in [-0.25, -0.2) is 0 Å². The molecule has 0 aromatic carbocycles. The van der Waals surface area contributed by atoms with Crippen molar-refractivity contribution in [2.24, 2.45) is 22.7 Å². The van der Waals surface area contributed by atoms with Gasteiger partial charge in [-0.2, -0.15) is 0 Å². The van der Waals surface area contributed by atoms with Crippen molar-refractivity contribution in [3.63, 3.8) is 0 Å². The molecule has 4 aliphatic carbocycles. The molecule has 2 N–H and O–H groups in total. The van der Waals surface area contributed by atoms with Crippen molar-refractivity contribution in [3.8, 4) is 0 Å². The number of methoxy groups -OCH3 is 1. The summed E-state index contributed by atoms with van der Waals surface area (Å²) in [7, 11) is 1.73. The Morgan fingerprint density at radius 1 is 1.17 bits per heavy atom. The summed E-state index contributed by atoms with van der Waals surface area (Å²) < 4.78 is 5.76. The maximum atomic E-state index is 10.5. The minimum Gasteiger partial charge on any atom is -0.497 e. The van der Waals surface area contributed by atoms with Crippen molar-refractivity contribution in [2.45, 2.75) is 45.3 Å². The fraction of sp³-hybridized carbons (Fsp3) is 0.600. The van der Waals surface area contributed by atoms with E-state index >= 15 is 0 Å². The van der Waals surface area contributed by atoms with Gasteiger partial charge in [-0.05, 0) is 36.8 Å². The van der Waals surface area contributed by atoms with E-state index < -0.39 is 6.10 Å². The van der Waals surface area contributed by atoms with Crippen molar-refractivity contribution >= 4 is 0 Å². The van der Waals surface area contributed by atoms with Crippen molar-refractivity contribution in [3.05, 3.63) is 47.3 Å². The Kier molecular flexibility index (Phi) is 3.20. The highest BCUT2D eigenvalue weighted by molar-refractivity contribution is 5.47. The third-order valence-corrected chi connectivity index (χ3v) is 6.87. The summed E-state index contributed by atoms with van der Waals surface area (Å²) >= 11 is 0. The predicted octanol–water partition coefficient (Wildman–Crippen LogP) is 3.12. The lowest BCUT2D eigenvalue weighted by molar-refractivity contribution is 0.0230. The average Bonchev–Trinajstić information content (AvgIpc) is 2.83. The largest absolute Gasteiger partial charge is 0.497 e. The number of aliphatic hydroxyl groups is 2. The summed E-state index contributed by atoms with van der Waals surface area (Å²) in [6.45, 7) is 4.48. The molecule has 0 amide bonds. The first-order chi connectivity index (χ1) is 10.9. The van der Waals surface area contributed by atoms with E-state index in [-0.39, 0.29) is 22.9 Å². The van der Waals surface area contributed by atoms with E-state index in [4.69, 9.17) is 4.74 Å². The minimum absolute atomic E-state index is 0.0424. The van der Waals surface area contributed by atoms with Crippen LogP contribution in [0.3, 0.4) is 0 Å². The molecule has 4 rings (SSSR count). The molecule has 6 atom stereocenters. The van der Waals surface area contributed by atoms with Crippen LogP contribution in [-0.4, -0.2) is 29.5 Å². The quantitative estimate of drug-likeness (QED) is 0.731. The lowest BCUT2D eigenvalue weighted by Crippen LogP contribution is -2.46. The fourth-order valence-corrected chi connectivity index (χ4v) is 5.28. The highest BCUT2D eigenvalue weighted by atomic mass is 16.5. The molecule has 0 aromatic rings. The summed E-state index contributed by atoms with van der Waals surface area (Å²) in [5, 5.41) is 20.5. The van der Waals surface area contributed by atoms with Gasteiger partial charge in [0.25, 0.3) is 0 Å². The third kappa shape index (κ3) is 1.90. The zero-order valence-corrected chi connectivity index (χ0v) is 14.1. The van der Waals surface area contributed by atoms with Crippen molar-refractivity contribution in [1.29, 1.82) is 0 Å². The normalized spacial score (nSPS) is 47.8. The molecule has 0 aromatic heterocycles. The van der Waals surface area contributed by atoms with Crippen LogP contribution < -0.4 is 0 Å².